The van der Waals surface area contributed by atoms with Gasteiger partial charge in [-0.05, 0) is 37.2 Å². The first-order valence-corrected chi connectivity index (χ1v) is 8.31. The van der Waals surface area contributed by atoms with Crippen LogP contribution < -0.4 is 11.1 Å². The molecule has 1 aromatic rings. The molecule has 0 saturated heterocycles. The van der Waals surface area contributed by atoms with E-state index in [1.54, 1.807) is 0 Å². The molecule has 1 unspecified atom stereocenters. The van der Waals surface area contributed by atoms with Gasteiger partial charge in [-0.15, -0.1) is 0 Å². The highest BCUT2D eigenvalue weighted by molar-refractivity contribution is 5.83. The molecule has 0 aliphatic heterocycles. The summed E-state index contributed by atoms with van der Waals surface area (Å²) in [6, 6.07) is 10.5. The third-order valence-electron chi connectivity index (χ3n) is 5.22. The van der Waals surface area contributed by atoms with Crippen LogP contribution in [0.1, 0.15) is 56.6 Å². The van der Waals surface area contributed by atoms with E-state index in [-0.39, 0.29) is 17.4 Å². The van der Waals surface area contributed by atoms with Crippen LogP contribution in [0.25, 0.3) is 0 Å². The van der Waals surface area contributed by atoms with Crippen molar-refractivity contribution < 1.29 is 4.79 Å². The third kappa shape index (κ3) is 3.13. The normalized spacial score (nSPS) is 22.5. The minimum absolute atomic E-state index is 0.170. The Morgan fingerprint density at radius 1 is 1.19 bits per heavy atom. The van der Waals surface area contributed by atoms with Crippen molar-refractivity contribution >= 4 is 5.91 Å². The van der Waals surface area contributed by atoms with E-state index in [0.29, 0.717) is 12.5 Å². The summed E-state index contributed by atoms with van der Waals surface area (Å²) in [5.41, 5.74) is 6.90. The minimum atomic E-state index is -0.319. The molecule has 114 valence electrons. The summed E-state index contributed by atoms with van der Waals surface area (Å²) in [4.78, 5) is 12.9. The second-order valence-electron chi connectivity index (χ2n) is 6.74. The third-order valence-corrected chi connectivity index (χ3v) is 5.22. The highest BCUT2D eigenvalue weighted by atomic mass is 16.2. The van der Waals surface area contributed by atoms with Gasteiger partial charge in [0, 0.05) is 6.54 Å². The molecule has 21 heavy (non-hydrogen) atoms. The van der Waals surface area contributed by atoms with Crippen LogP contribution in [0, 0.1) is 11.3 Å². The van der Waals surface area contributed by atoms with Gasteiger partial charge in [0.05, 0.1) is 11.5 Å². The summed E-state index contributed by atoms with van der Waals surface area (Å²) in [7, 11) is 0. The molecule has 0 spiro atoms. The Kier molecular flexibility index (Phi) is 4.29. The maximum Gasteiger partial charge on any atom is 0.227 e. The molecule has 3 nitrogen and oxygen atoms in total. The van der Waals surface area contributed by atoms with Crippen LogP contribution in [-0.2, 0) is 4.79 Å². The van der Waals surface area contributed by atoms with Crippen LogP contribution in [0.2, 0.25) is 0 Å². The molecule has 3 heteroatoms. The quantitative estimate of drug-likeness (QED) is 0.873. The number of carbonyl (C=O) groups excluding carboxylic acids is 1. The van der Waals surface area contributed by atoms with Gasteiger partial charge >= 0.3 is 0 Å². The fraction of sp³-hybridized carbons (Fsp3) is 0.611. The lowest BCUT2D eigenvalue weighted by atomic mass is 9.73. The van der Waals surface area contributed by atoms with Crippen molar-refractivity contribution in [3.63, 3.8) is 0 Å². The summed E-state index contributed by atoms with van der Waals surface area (Å²) in [6.07, 6.45) is 7.82. The first-order chi connectivity index (χ1) is 10.2. The average molecular weight is 286 g/mol. The largest absolute Gasteiger partial charge is 0.348 e. The zero-order valence-corrected chi connectivity index (χ0v) is 12.7. The highest BCUT2D eigenvalue weighted by Crippen LogP contribution is 2.42. The van der Waals surface area contributed by atoms with Gasteiger partial charge < -0.3 is 11.1 Å². The Bertz CT molecular complexity index is 475. The SMILES string of the molecule is NCC1(C(=O)NC(c2ccccc2)C2CC2)CCCCC1. The molecule has 0 heterocycles. The maximum absolute atomic E-state index is 12.9. The van der Waals surface area contributed by atoms with Gasteiger partial charge in [0.2, 0.25) is 5.91 Å². The van der Waals surface area contributed by atoms with Crippen LogP contribution in [0.3, 0.4) is 0 Å². The second-order valence-corrected chi connectivity index (χ2v) is 6.74. The number of carbonyl (C=O) groups is 1. The van der Waals surface area contributed by atoms with E-state index in [2.05, 4.69) is 29.6 Å². The lowest BCUT2D eigenvalue weighted by Crippen LogP contribution is -2.48. The molecule has 2 fully saturated rings. The molecular weight excluding hydrogens is 260 g/mol. The van der Waals surface area contributed by atoms with Gasteiger partial charge in [-0.3, -0.25) is 4.79 Å². The molecule has 0 radical (unpaired) electrons. The fourth-order valence-corrected chi connectivity index (χ4v) is 3.61. The molecule has 1 atom stereocenters. The van der Waals surface area contributed by atoms with Crippen molar-refractivity contribution in [1.29, 1.82) is 0 Å². The number of amides is 1. The Morgan fingerprint density at radius 3 is 2.43 bits per heavy atom. The van der Waals surface area contributed by atoms with Crippen molar-refractivity contribution in [2.75, 3.05) is 6.54 Å². The number of nitrogens with two attached hydrogens (primary N) is 1. The number of rotatable bonds is 5. The maximum atomic E-state index is 12.9. The predicted molar refractivity (Wildman–Crippen MR) is 84.6 cm³/mol. The van der Waals surface area contributed by atoms with Crippen molar-refractivity contribution in [2.45, 2.75) is 51.0 Å². The number of nitrogens with one attached hydrogen (secondary N) is 1. The van der Waals surface area contributed by atoms with Crippen LogP contribution in [0.5, 0.6) is 0 Å². The first-order valence-electron chi connectivity index (χ1n) is 8.31. The van der Waals surface area contributed by atoms with Gasteiger partial charge in [0.15, 0.2) is 0 Å². The standard InChI is InChI=1S/C18H26N2O/c19-13-18(11-5-2-6-12-18)17(21)20-16(15-9-10-15)14-7-3-1-4-8-14/h1,3-4,7-8,15-16H,2,5-6,9-13,19H2,(H,20,21). The zero-order chi connectivity index (χ0) is 14.7. The molecule has 3 rings (SSSR count). The van der Waals surface area contributed by atoms with E-state index in [1.807, 2.05) is 6.07 Å². The highest BCUT2D eigenvalue weighted by Gasteiger charge is 2.41. The molecular formula is C18H26N2O. The van der Waals surface area contributed by atoms with Crippen LogP contribution in [0.15, 0.2) is 30.3 Å². The summed E-state index contributed by atoms with van der Waals surface area (Å²) in [5.74, 6) is 0.792. The number of hydrogen-bond donors (Lipinski definition) is 2. The van der Waals surface area contributed by atoms with E-state index >= 15 is 0 Å². The topological polar surface area (TPSA) is 55.1 Å². The average Bonchev–Trinajstić information content (AvgIpc) is 3.38. The first kappa shape index (κ1) is 14.6. The van der Waals surface area contributed by atoms with Crippen molar-refractivity contribution in [3.05, 3.63) is 35.9 Å². The molecule has 1 aromatic carbocycles. The molecule has 0 bridgehead atoms. The van der Waals surface area contributed by atoms with Gasteiger partial charge in [0.1, 0.15) is 0 Å². The smallest absolute Gasteiger partial charge is 0.227 e. The summed E-state index contributed by atoms with van der Waals surface area (Å²) >= 11 is 0. The van der Waals surface area contributed by atoms with Gasteiger partial charge in [-0.1, -0.05) is 49.6 Å². The van der Waals surface area contributed by atoms with E-state index in [9.17, 15) is 4.79 Å². The predicted octanol–water partition coefficient (Wildman–Crippen LogP) is 3.16. The Labute approximate surface area is 127 Å². The number of hydrogen-bond acceptors (Lipinski definition) is 2. The molecule has 2 saturated carbocycles. The van der Waals surface area contributed by atoms with Crippen molar-refractivity contribution in [2.24, 2.45) is 17.1 Å². The second kappa shape index (κ2) is 6.18. The molecule has 3 N–H and O–H groups in total. The van der Waals surface area contributed by atoms with E-state index in [1.165, 1.54) is 24.8 Å². The zero-order valence-electron chi connectivity index (χ0n) is 12.7. The van der Waals surface area contributed by atoms with Crippen molar-refractivity contribution in [1.82, 2.24) is 5.32 Å². The monoisotopic (exact) mass is 286 g/mol. The summed E-state index contributed by atoms with van der Waals surface area (Å²) in [6.45, 7) is 0.477. The lowest BCUT2D eigenvalue weighted by molar-refractivity contribution is -0.133. The lowest BCUT2D eigenvalue weighted by Gasteiger charge is -2.36. The fourth-order valence-electron chi connectivity index (χ4n) is 3.61. The number of benzene rings is 1. The van der Waals surface area contributed by atoms with E-state index in [0.717, 1.165) is 25.7 Å². The molecule has 0 aromatic heterocycles. The van der Waals surface area contributed by atoms with Crippen LogP contribution in [0.4, 0.5) is 0 Å². The molecule has 1 amide bonds. The Balaban J connectivity index is 1.75. The van der Waals surface area contributed by atoms with Crippen LogP contribution >= 0.6 is 0 Å². The van der Waals surface area contributed by atoms with Crippen LogP contribution in [-0.4, -0.2) is 12.5 Å². The Morgan fingerprint density at radius 2 is 1.86 bits per heavy atom. The minimum Gasteiger partial charge on any atom is -0.348 e. The summed E-state index contributed by atoms with van der Waals surface area (Å²) in [5, 5.41) is 3.34. The van der Waals surface area contributed by atoms with Gasteiger partial charge in [-0.2, -0.15) is 0 Å². The summed E-state index contributed by atoms with van der Waals surface area (Å²) < 4.78 is 0. The van der Waals surface area contributed by atoms with Gasteiger partial charge in [-0.25, -0.2) is 0 Å². The van der Waals surface area contributed by atoms with E-state index < -0.39 is 0 Å². The van der Waals surface area contributed by atoms with E-state index in [4.69, 9.17) is 5.73 Å². The van der Waals surface area contributed by atoms with Crippen molar-refractivity contribution in [3.8, 4) is 0 Å². The molecule has 2 aliphatic carbocycles. The molecule has 2 aliphatic rings. The van der Waals surface area contributed by atoms with Gasteiger partial charge in [0.25, 0.3) is 0 Å². The Hall–Kier alpha value is -1.35.